The summed E-state index contributed by atoms with van der Waals surface area (Å²) in [7, 11) is 1.87. The van der Waals surface area contributed by atoms with Crippen molar-refractivity contribution >= 4 is 23.8 Å². The number of hydrogen-bond acceptors (Lipinski definition) is 5. The van der Waals surface area contributed by atoms with Gasteiger partial charge in [-0.25, -0.2) is 0 Å². The molecule has 0 radical (unpaired) electrons. The van der Waals surface area contributed by atoms with Crippen LogP contribution in [0.25, 0.3) is 0 Å². The molecule has 1 saturated heterocycles. The lowest BCUT2D eigenvalue weighted by Crippen LogP contribution is -2.41. The first-order valence-corrected chi connectivity index (χ1v) is 7.99. The van der Waals surface area contributed by atoms with Gasteiger partial charge >= 0.3 is 0 Å². The molecular weight excluding hydrogens is 320 g/mol. The molecule has 1 heterocycles. The number of nitrogens with one attached hydrogen (secondary N) is 1. The van der Waals surface area contributed by atoms with Crippen LogP contribution in [0, 0.1) is 0 Å². The molecule has 25 heavy (non-hydrogen) atoms. The van der Waals surface area contributed by atoms with Gasteiger partial charge in [-0.05, 0) is 29.8 Å². The molecule has 0 saturated carbocycles. The van der Waals surface area contributed by atoms with Crippen LogP contribution in [0.3, 0.4) is 0 Å². The van der Waals surface area contributed by atoms with Crippen molar-refractivity contribution in [3.63, 3.8) is 0 Å². The smallest absolute Gasteiger partial charge is 0.293 e. The van der Waals surface area contributed by atoms with Crippen molar-refractivity contribution in [2.75, 3.05) is 37.0 Å². The van der Waals surface area contributed by atoms with Crippen molar-refractivity contribution in [2.45, 2.75) is 6.61 Å². The van der Waals surface area contributed by atoms with E-state index in [9.17, 15) is 9.59 Å². The zero-order chi connectivity index (χ0) is 17.9. The van der Waals surface area contributed by atoms with Gasteiger partial charge in [0.1, 0.15) is 13.2 Å². The summed E-state index contributed by atoms with van der Waals surface area (Å²) >= 11 is 0. The van der Waals surface area contributed by atoms with Crippen LogP contribution in [0.1, 0.15) is 5.56 Å². The summed E-state index contributed by atoms with van der Waals surface area (Å²) in [5.74, 6) is 0.0263. The Labute approximate surface area is 147 Å². The maximum atomic E-state index is 11.5. The summed E-state index contributed by atoms with van der Waals surface area (Å²) in [5.41, 5.74) is 2.98. The fraction of sp³-hybridized carbons (Fsp3) is 0.263. The topological polar surface area (TPSA) is 67.9 Å². The number of carbonyl (C=O) groups is 2. The highest BCUT2D eigenvalue weighted by Crippen LogP contribution is 2.19. The van der Waals surface area contributed by atoms with E-state index in [1.807, 2.05) is 61.6 Å². The lowest BCUT2D eigenvalue weighted by molar-refractivity contribution is -0.129. The zero-order valence-corrected chi connectivity index (χ0v) is 14.2. The quantitative estimate of drug-likeness (QED) is 0.846. The Hall–Kier alpha value is -2.86. The van der Waals surface area contributed by atoms with Gasteiger partial charge < -0.3 is 19.7 Å². The minimum absolute atomic E-state index is 0.0263. The van der Waals surface area contributed by atoms with E-state index in [4.69, 9.17) is 4.74 Å². The van der Waals surface area contributed by atoms with Gasteiger partial charge in [0.25, 0.3) is 12.4 Å². The predicted octanol–water partition coefficient (Wildman–Crippen LogP) is 2.45. The Balaban J connectivity index is 0.000000196. The highest BCUT2D eigenvalue weighted by Gasteiger charge is 2.19. The Morgan fingerprint density at radius 1 is 1.16 bits per heavy atom. The maximum Gasteiger partial charge on any atom is 0.293 e. The summed E-state index contributed by atoms with van der Waals surface area (Å²) in [6.07, 6.45) is 0. The first kappa shape index (κ1) is 18.5. The number of rotatable bonds is 5. The van der Waals surface area contributed by atoms with Crippen molar-refractivity contribution in [1.82, 2.24) is 0 Å². The SMILES string of the molecule is CNc1ccc(N2CCOCC2=O)cc1.O=COCc1ccccc1. The third-order valence-corrected chi connectivity index (χ3v) is 3.61. The molecule has 1 aliphatic heterocycles. The summed E-state index contributed by atoms with van der Waals surface area (Å²) in [6.45, 7) is 2.25. The average molecular weight is 342 g/mol. The molecule has 6 nitrogen and oxygen atoms in total. The van der Waals surface area contributed by atoms with Crippen LogP contribution in [-0.4, -0.2) is 39.2 Å². The van der Waals surface area contributed by atoms with Crippen LogP contribution in [0.15, 0.2) is 54.6 Å². The zero-order valence-electron chi connectivity index (χ0n) is 14.2. The number of carbonyl (C=O) groups excluding carboxylic acids is 2. The van der Waals surface area contributed by atoms with Gasteiger partial charge in [-0.2, -0.15) is 0 Å². The fourth-order valence-corrected chi connectivity index (χ4v) is 2.30. The number of amides is 1. The van der Waals surface area contributed by atoms with Gasteiger partial charge in [0.2, 0.25) is 0 Å². The molecule has 2 aromatic carbocycles. The van der Waals surface area contributed by atoms with Crippen molar-refractivity contribution in [1.29, 1.82) is 0 Å². The van der Waals surface area contributed by atoms with Gasteiger partial charge in [-0.15, -0.1) is 0 Å². The van der Waals surface area contributed by atoms with Gasteiger partial charge in [0.15, 0.2) is 0 Å². The highest BCUT2D eigenvalue weighted by atomic mass is 16.5. The number of ether oxygens (including phenoxy) is 2. The molecule has 1 amide bonds. The molecule has 0 aromatic heterocycles. The molecule has 132 valence electrons. The van der Waals surface area contributed by atoms with E-state index < -0.39 is 0 Å². The molecule has 0 bridgehead atoms. The van der Waals surface area contributed by atoms with Crippen molar-refractivity contribution < 1.29 is 19.1 Å². The lowest BCUT2D eigenvalue weighted by atomic mass is 10.2. The van der Waals surface area contributed by atoms with Crippen LogP contribution in [0.2, 0.25) is 0 Å². The maximum absolute atomic E-state index is 11.5. The van der Waals surface area contributed by atoms with Crippen molar-refractivity contribution in [2.24, 2.45) is 0 Å². The number of nitrogens with zero attached hydrogens (tertiary/aromatic N) is 1. The molecule has 2 aromatic rings. The fourth-order valence-electron chi connectivity index (χ4n) is 2.30. The normalized spacial score (nSPS) is 13.5. The molecule has 1 aliphatic rings. The summed E-state index contributed by atoms with van der Waals surface area (Å²) in [6, 6.07) is 17.3. The molecule has 1 fully saturated rings. The molecular formula is C19H22N2O4. The predicted molar refractivity (Wildman–Crippen MR) is 96.5 cm³/mol. The Morgan fingerprint density at radius 3 is 2.48 bits per heavy atom. The molecule has 1 N–H and O–H groups in total. The summed E-state index contributed by atoms with van der Waals surface area (Å²) in [5, 5.41) is 3.04. The molecule has 3 rings (SSSR count). The van der Waals surface area contributed by atoms with E-state index in [0.29, 0.717) is 26.2 Å². The first-order valence-electron chi connectivity index (χ1n) is 7.99. The highest BCUT2D eigenvalue weighted by molar-refractivity contribution is 5.94. The second kappa shape index (κ2) is 10.1. The molecule has 0 aliphatic carbocycles. The van der Waals surface area contributed by atoms with E-state index in [2.05, 4.69) is 10.1 Å². The van der Waals surface area contributed by atoms with E-state index in [1.165, 1.54) is 0 Å². The second-order valence-corrected chi connectivity index (χ2v) is 5.29. The van der Waals surface area contributed by atoms with Crippen LogP contribution in [0.4, 0.5) is 11.4 Å². The lowest BCUT2D eigenvalue weighted by Gasteiger charge is -2.26. The average Bonchev–Trinajstić information content (AvgIpc) is 2.68. The van der Waals surface area contributed by atoms with E-state index >= 15 is 0 Å². The van der Waals surface area contributed by atoms with Gasteiger partial charge in [0.05, 0.1) is 6.61 Å². The Kier molecular flexibility index (Phi) is 7.46. The van der Waals surface area contributed by atoms with Crippen LogP contribution >= 0.6 is 0 Å². The van der Waals surface area contributed by atoms with E-state index in [1.54, 1.807) is 4.90 Å². The Morgan fingerprint density at radius 2 is 1.88 bits per heavy atom. The molecule has 6 heteroatoms. The van der Waals surface area contributed by atoms with Gasteiger partial charge in [-0.1, -0.05) is 30.3 Å². The molecule has 0 unspecified atom stereocenters. The van der Waals surface area contributed by atoms with Gasteiger partial charge in [0, 0.05) is 25.0 Å². The first-order chi connectivity index (χ1) is 12.2. The van der Waals surface area contributed by atoms with Crippen LogP contribution < -0.4 is 10.2 Å². The monoisotopic (exact) mass is 342 g/mol. The van der Waals surface area contributed by atoms with E-state index in [0.717, 1.165) is 16.9 Å². The third-order valence-electron chi connectivity index (χ3n) is 3.61. The van der Waals surface area contributed by atoms with E-state index in [-0.39, 0.29) is 12.5 Å². The van der Waals surface area contributed by atoms with Crippen molar-refractivity contribution in [3.05, 3.63) is 60.2 Å². The number of hydrogen-bond donors (Lipinski definition) is 1. The van der Waals surface area contributed by atoms with Crippen molar-refractivity contribution in [3.8, 4) is 0 Å². The second-order valence-electron chi connectivity index (χ2n) is 5.29. The van der Waals surface area contributed by atoms with Crippen LogP contribution in [-0.2, 0) is 25.7 Å². The number of benzene rings is 2. The Bertz CT molecular complexity index is 659. The summed E-state index contributed by atoms with van der Waals surface area (Å²) < 4.78 is 9.61. The van der Waals surface area contributed by atoms with Crippen LogP contribution in [0.5, 0.6) is 0 Å². The minimum atomic E-state index is 0.0263. The molecule has 0 atom stereocenters. The number of morpholine rings is 1. The summed E-state index contributed by atoms with van der Waals surface area (Å²) in [4.78, 5) is 23.0. The number of anilines is 2. The van der Waals surface area contributed by atoms with Gasteiger partial charge in [-0.3, -0.25) is 9.59 Å². The minimum Gasteiger partial charge on any atom is -0.463 e. The third kappa shape index (κ3) is 5.93. The standard InChI is InChI=1S/C11H14N2O2.C8H8O2/c1-12-9-2-4-10(5-3-9)13-6-7-15-8-11(13)14;9-7-10-6-8-4-2-1-3-5-8/h2-5,12H,6-8H2,1H3;1-5,7H,6H2. The molecule has 0 spiro atoms. The largest absolute Gasteiger partial charge is 0.463 e.